The normalized spacial score (nSPS) is 21.0. The molecule has 0 spiro atoms. The summed E-state index contributed by atoms with van der Waals surface area (Å²) < 4.78 is 32.0. The predicted molar refractivity (Wildman–Crippen MR) is 113 cm³/mol. The van der Waals surface area contributed by atoms with E-state index in [0.29, 0.717) is 0 Å². The third-order valence-electron chi connectivity index (χ3n) is 4.83. The Balaban J connectivity index is 1.69. The quantitative estimate of drug-likeness (QED) is 0.536. The molecule has 4 rings (SSSR count). The van der Waals surface area contributed by atoms with Crippen LogP contribution in [0, 0.1) is 0 Å². The van der Waals surface area contributed by atoms with Crippen LogP contribution in [0.2, 0.25) is 0 Å². The lowest BCUT2D eigenvalue weighted by molar-refractivity contribution is -0.152. The molecule has 2 aliphatic rings. The van der Waals surface area contributed by atoms with Gasteiger partial charge in [-0.25, -0.2) is 4.79 Å². The van der Waals surface area contributed by atoms with Crippen LogP contribution in [0.25, 0.3) is 0 Å². The first-order valence-electron chi connectivity index (χ1n) is 9.16. The number of benzene rings is 2. The van der Waals surface area contributed by atoms with E-state index in [0.717, 1.165) is 11.1 Å². The minimum atomic E-state index is -2.72. The van der Waals surface area contributed by atoms with E-state index in [9.17, 15) is 18.4 Å². The number of thioether (sulfide) groups is 2. The van der Waals surface area contributed by atoms with Gasteiger partial charge in [0.05, 0.1) is 0 Å². The minimum absolute atomic E-state index is 0.122. The zero-order chi connectivity index (χ0) is 21.3. The standard InChI is InChI=1S/C21H18F2N2O3S2/c22-21(23)30-14-11-29-19-15(24)18(26)25(19)16(14)20(27)28-17(12-7-3-1-4-8-12)13-9-5-2-6-10-13/h1-10,15,17,19,21H,11,24H2/t15-,19-/m1/s1. The molecule has 0 saturated carbocycles. The summed E-state index contributed by atoms with van der Waals surface area (Å²) in [6.07, 6.45) is -0.747. The Hall–Kier alpha value is -2.36. The average molecular weight is 449 g/mol. The fourth-order valence-corrected chi connectivity index (χ4v) is 5.55. The monoisotopic (exact) mass is 448 g/mol. The van der Waals surface area contributed by atoms with E-state index in [4.69, 9.17) is 10.5 Å². The molecule has 1 saturated heterocycles. The average Bonchev–Trinajstić information content (AvgIpc) is 2.77. The maximum Gasteiger partial charge on any atom is 0.356 e. The maximum atomic E-state index is 13.2. The number of hydrogen-bond acceptors (Lipinski definition) is 6. The van der Waals surface area contributed by atoms with Crippen molar-refractivity contribution < 1.29 is 23.1 Å². The predicted octanol–water partition coefficient (Wildman–Crippen LogP) is 3.73. The summed E-state index contributed by atoms with van der Waals surface area (Å²) in [5.41, 5.74) is 7.16. The molecule has 5 nitrogen and oxygen atoms in total. The molecule has 2 aromatic carbocycles. The van der Waals surface area contributed by atoms with Crippen molar-refractivity contribution in [2.24, 2.45) is 5.73 Å². The molecule has 0 aromatic heterocycles. The second kappa shape index (κ2) is 8.79. The number of carbonyl (C=O) groups is 2. The van der Waals surface area contributed by atoms with Gasteiger partial charge in [0.1, 0.15) is 17.1 Å². The van der Waals surface area contributed by atoms with Gasteiger partial charge in [0.2, 0.25) is 5.91 Å². The lowest BCUT2D eigenvalue weighted by atomic mass is 10.0. The zero-order valence-electron chi connectivity index (χ0n) is 15.6. The van der Waals surface area contributed by atoms with Crippen LogP contribution in [0.15, 0.2) is 71.3 Å². The largest absolute Gasteiger partial charge is 0.448 e. The van der Waals surface area contributed by atoms with Crippen molar-refractivity contribution in [3.63, 3.8) is 0 Å². The van der Waals surface area contributed by atoms with Crippen LogP contribution in [0.3, 0.4) is 0 Å². The fraction of sp³-hybridized carbons (Fsp3) is 0.238. The molecule has 2 N–H and O–H groups in total. The lowest BCUT2D eigenvalue weighted by Gasteiger charge is -2.48. The van der Waals surface area contributed by atoms with Gasteiger partial charge in [0.25, 0.3) is 5.76 Å². The van der Waals surface area contributed by atoms with Gasteiger partial charge in [-0.15, -0.1) is 11.8 Å². The van der Waals surface area contributed by atoms with Crippen LogP contribution < -0.4 is 5.73 Å². The number of nitrogens with zero attached hydrogens (tertiary/aromatic N) is 1. The second-order valence-electron chi connectivity index (χ2n) is 6.69. The van der Waals surface area contributed by atoms with Gasteiger partial charge in [-0.3, -0.25) is 9.69 Å². The van der Waals surface area contributed by atoms with Gasteiger partial charge in [-0.2, -0.15) is 8.78 Å². The van der Waals surface area contributed by atoms with E-state index in [1.807, 2.05) is 60.7 Å². The van der Waals surface area contributed by atoms with E-state index >= 15 is 0 Å². The summed E-state index contributed by atoms with van der Waals surface area (Å²) in [4.78, 5) is 26.8. The Morgan fingerprint density at radius 2 is 1.67 bits per heavy atom. The minimum Gasteiger partial charge on any atom is -0.448 e. The Bertz CT molecular complexity index is 933. The Kier molecular flexibility index (Phi) is 6.12. The number of rotatable bonds is 6. The van der Waals surface area contributed by atoms with Crippen molar-refractivity contribution in [1.82, 2.24) is 4.90 Å². The molecular formula is C21H18F2N2O3S2. The summed E-state index contributed by atoms with van der Waals surface area (Å²) in [5.74, 6) is -3.84. The number of amides is 1. The third kappa shape index (κ3) is 3.97. The molecule has 0 unspecified atom stereocenters. The third-order valence-corrected chi connectivity index (χ3v) is 7.11. The maximum absolute atomic E-state index is 13.2. The topological polar surface area (TPSA) is 72.6 Å². The van der Waals surface area contributed by atoms with Gasteiger partial charge in [0.15, 0.2) is 6.10 Å². The zero-order valence-corrected chi connectivity index (χ0v) is 17.2. The van der Waals surface area contributed by atoms with Crippen LogP contribution in [0.1, 0.15) is 17.2 Å². The van der Waals surface area contributed by atoms with Crippen LogP contribution in [0.5, 0.6) is 0 Å². The number of fused-ring (bicyclic) bond motifs is 1. The highest BCUT2D eigenvalue weighted by atomic mass is 32.2. The molecule has 2 aliphatic heterocycles. The molecule has 0 bridgehead atoms. The van der Waals surface area contributed by atoms with Gasteiger partial charge in [-0.1, -0.05) is 72.4 Å². The summed E-state index contributed by atoms with van der Waals surface area (Å²) in [6.45, 7) is 0. The van der Waals surface area contributed by atoms with Crippen molar-refractivity contribution in [2.75, 3.05) is 5.75 Å². The summed E-state index contributed by atoms with van der Waals surface area (Å²) in [5, 5.41) is -0.450. The van der Waals surface area contributed by atoms with Crippen molar-refractivity contribution in [3.05, 3.63) is 82.4 Å². The lowest BCUT2D eigenvalue weighted by Crippen LogP contribution is -2.68. The first kappa shape index (κ1) is 20.9. The van der Waals surface area contributed by atoms with Gasteiger partial charge in [-0.05, 0) is 11.1 Å². The fourth-order valence-electron chi connectivity index (χ4n) is 3.42. The highest BCUT2D eigenvalue weighted by Gasteiger charge is 2.52. The first-order chi connectivity index (χ1) is 14.5. The van der Waals surface area contributed by atoms with Gasteiger partial charge < -0.3 is 10.5 Å². The van der Waals surface area contributed by atoms with Gasteiger partial charge >= 0.3 is 5.97 Å². The van der Waals surface area contributed by atoms with Crippen molar-refractivity contribution >= 4 is 35.4 Å². The highest BCUT2D eigenvalue weighted by molar-refractivity contribution is 8.06. The Labute approximate surface area is 180 Å². The van der Waals surface area contributed by atoms with Crippen LogP contribution in [0.4, 0.5) is 8.78 Å². The molecule has 2 aromatic rings. The van der Waals surface area contributed by atoms with E-state index in [1.165, 1.54) is 16.7 Å². The highest BCUT2D eigenvalue weighted by Crippen LogP contribution is 2.45. The number of esters is 1. The summed E-state index contributed by atoms with van der Waals surface area (Å²) in [6, 6.07) is 17.5. The Morgan fingerprint density at radius 1 is 1.10 bits per heavy atom. The second-order valence-corrected chi connectivity index (χ2v) is 8.88. The Morgan fingerprint density at radius 3 is 2.20 bits per heavy atom. The molecule has 2 heterocycles. The summed E-state index contributed by atoms with van der Waals surface area (Å²) in [7, 11) is 0. The molecule has 9 heteroatoms. The summed E-state index contributed by atoms with van der Waals surface area (Å²) >= 11 is 1.53. The van der Waals surface area contributed by atoms with E-state index in [1.54, 1.807) is 0 Å². The molecule has 156 valence electrons. The van der Waals surface area contributed by atoms with Crippen molar-refractivity contribution in [1.29, 1.82) is 0 Å². The number of halogens is 2. The first-order valence-corrected chi connectivity index (χ1v) is 11.1. The van der Waals surface area contributed by atoms with Crippen LogP contribution >= 0.6 is 23.5 Å². The van der Waals surface area contributed by atoms with Crippen molar-refractivity contribution in [2.45, 2.75) is 23.3 Å². The number of β-lactam (4-membered cyclic amide) rings is 1. The van der Waals surface area contributed by atoms with Gasteiger partial charge in [0, 0.05) is 10.7 Å². The van der Waals surface area contributed by atoms with Crippen molar-refractivity contribution in [3.8, 4) is 0 Å². The van der Waals surface area contributed by atoms with E-state index in [2.05, 4.69) is 0 Å². The molecular weight excluding hydrogens is 430 g/mol. The molecule has 2 atom stereocenters. The number of carbonyl (C=O) groups excluding carboxylic acids is 2. The number of alkyl halides is 2. The SMILES string of the molecule is N[C@@H]1C(=O)N2C(C(=O)OC(c3ccccc3)c3ccccc3)=C(SC(F)F)CS[C@H]12. The number of ether oxygens (including phenoxy) is 1. The van der Waals surface area contributed by atoms with Crippen LogP contribution in [-0.4, -0.2) is 39.7 Å². The molecule has 1 fully saturated rings. The molecule has 1 amide bonds. The van der Waals surface area contributed by atoms with E-state index < -0.39 is 35.2 Å². The molecule has 30 heavy (non-hydrogen) atoms. The number of nitrogens with two attached hydrogens (primary N) is 1. The van der Waals surface area contributed by atoms with E-state index in [-0.39, 0.29) is 28.1 Å². The number of hydrogen-bond donors (Lipinski definition) is 1. The van der Waals surface area contributed by atoms with Crippen LogP contribution in [-0.2, 0) is 14.3 Å². The molecule has 0 radical (unpaired) electrons. The smallest absolute Gasteiger partial charge is 0.356 e. The molecule has 0 aliphatic carbocycles.